The number of aryl methyl sites for hydroxylation is 1. The number of imidazole rings is 1. The second-order valence-corrected chi connectivity index (χ2v) is 9.57. The lowest BCUT2D eigenvalue weighted by atomic mass is 9.98. The molecule has 0 atom stereocenters. The summed E-state index contributed by atoms with van der Waals surface area (Å²) in [7, 11) is 0. The van der Waals surface area contributed by atoms with Crippen LogP contribution < -0.4 is 5.32 Å². The third kappa shape index (κ3) is 5.64. The first-order chi connectivity index (χ1) is 19.1. The number of imide groups is 1. The Morgan fingerprint density at radius 2 is 1.72 bits per heavy atom. The van der Waals surface area contributed by atoms with Crippen LogP contribution in [0.4, 0.5) is 4.79 Å². The van der Waals surface area contributed by atoms with E-state index in [2.05, 4.69) is 66.7 Å². The van der Waals surface area contributed by atoms with E-state index < -0.39 is 0 Å². The summed E-state index contributed by atoms with van der Waals surface area (Å²) in [5.74, 6) is 1.21. The van der Waals surface area contributed by atoms with Crippen molar-refractivity contribution in [2.24, 2.45) is 0 Å². The van der Waals surface area contributed by atoms with Crippen LogP contribution in [0.25, 0.3) is 28.6 Å². The Morgan fingerprint density at radius 1 is 0.949 bits per heavy atom. The van der Waals surface area contributed by atoms with E-state index in [1.54, 1.807) is 12.3 Å². The van der Waals surface area contributed by atoms with Crippen molar-refractivity contribution in [1.29, 1.82) is 0 Å². The van der Waals surface area contributed by atoms with Crippen LogP contribution in [-0.4, -0.2) is 53.6 Å². The molecule has 2 aromatic heterocycles. The van der Waals surface area contributed by atoms with Gasteiger partial charge in [0.2, 0.25) is 5.82 Å². The number of nitrogens with one attached hydrogen (secondary N) is 2. The van der Waals surface area contributed by atoms with E-state index in [9.17, 15) is 9.59 Å². The highest BCUT2D eigenvalue weighted by Gasteiger charge is 2.33. The van der Waals surface area contributed by atoms with Crippen LogP contribution in [0, 0.1) is 0 Å². The number of amides is 3. The Morgan fingerprint density at radius 3 is 2.44 bits per heavy atom. The molecular formula is C29H32N8O2. The second kappa shape index (κ2) is 11.8. The monoisotopic (exact) mass is 524 g/mol. The molecule has 0 aliphatic carbocycles. The molecule has 39 heavy (non-hydrogen) atoms. The fourth-order valence-corrected chi connectivity index (χ4v) is 4.68. The van der Waals surface area contributed by atoms with Gasteiger partial charge in [0.15, 0.2) is 0 Å². The standard InChI is InChI=1S/C29H32N8O2/c1-3-5-11-26-30-18-22(17-25-28(38)36(16-6-4-2)29(39)31-25)37(26)19-20-12-14-21(15-13-20)23-9-7-8-10-24(23)27-32-34-35-33-27/h7-10,12-15,17-18H,3-6,11,16,19H2,1-2H3,(H,31,39)(H,32,33,34,35). The lowest BCUT2D eigenvalue weighted by Crippen LogP contribution is -2.31. The topological polar surface area (TPSA) is 122 Å². The highest BCUT2D eigenvalue weighted by molar-refractivity contribution is 6.13. The second-order valence-electron chi connectivity index (χ2n) is 9.57. The van der Waals surface area contributed by atoms with Crippen LogP contribution in [0.15, 0.2) is 60.4 Å². The number of urea groups is 1. The van der Waals surface area contributed by atoms with E-state index >= 15 is 0 Å². The average Bonchev–Trinajstić information content (AvgIpc) is 3.68. The molecule has 3 heterocycles. The molecule has 1 saturated heterocycles. The minimum atomic E-state index is -0.367. The first-order valence-electron chi connectivity index (χ1n) is 13.4. The van der Waals surface area contributed by atoms with Crippen LogP contribution in [0.3, 0.4) is 0 Å². The van der Waals surface area contributed by atoms with E-state index in [0.717, 1.165) is 65.9 Å². The summed E-state index contributed by atoms with van der Waals surface area (Å²) in [6, 6.07) is 16.0. The third-order valence-corrected chi connectivity index (χ3v) is 6.83. The number of H-pyrrole nitrogens is 1. The van der Waals surface area contributed by atoms with Gasteiger partial charge in [0, 0.05) is 25.1 Å². The smallest absolute Gasteiger partial charge is 0.324 e. The maximum absolute atomic E-state index is 12.9. The van der Waals surface area contributed by atoms with Crippen molar-refractivity contribution in [3.63, 3.8) is 0 Å². The van der Waals surface area contributed by atoms with E-state index in [4.69, 9.17) is 0 Å². The van der Waals surface area contributed by atoms with Gasteiger partial charge in [-0.3, -0.25) is 9.69 Å². The van der Waals surface area contributed by atoms with Gasteiger partial charge < -0.3 is 9.88 Å². The SMILES string of the molecule is CCCCc1ncc(C=C2NC(=O)N(CCCC)C2=O)n1Cc1ccc(-c2ccccc2-c2nn[nH]n2)cc1. The Hall–Kier alpha value is -4.60. The Bertz CT molecular complexity index is 1470. The van der Waals surface area contributed by atoms with E-state index in [1.165, 1.54) is 4.90 Å². The van der Waals surface area contributed by atoms with Crippen LogP contribution in [0.2, 0.25) is 0 Å². The molecule has 0 saturated carbocycles. The molecule has 0 bridgehead atoms. The first kappa shape index (κ1) is 26.0. The van der Waals surface area contributed by atoms with Gasteiger partial charge in [0.05, 0.1) is 11.9 Å². The van der Waals surface area contributed by atoms with Crippen LogP contribution in [-0.2, 0) is 17.8 Å². The molecule has 4 aromatic rings. The summed E-state index contributed by atoms with van der Waals surface area (Å²) >= 11 is 0. The largest absolute Gasteiger partial charge is 0.329 e. The minimum absolute atomic E-state index is 0.285. The normalized spacial score (nSPS) is 14.4. The number of rotatable bonds is 11. The molecule has 1 fully saturated rings. The number of carbonyl (C=O) groups excluding carboxylic acids is 2. The molecular weight excluding hydrogens is 492 g/mol. The fourth-order valence-electron chi connectivity index (χ4n) is 4.68. The van der Waals surface area contributed by atoms with Crippen molar-refractivity contribution in [2.75, 3.05) is 6.54 Å². The lowest BCUT2D eigenvalue weighted by molar-refractivity contribution is -0.122. The quantitative estimate of drug-likeness (QED) is 0.214. The first-order valence-corrected chi connectivity index (χ1v) is 13.4. The summed E-state index contributed by atoms with van der Waals surface area (Å²) in [4.78, 5) is 31.2. The van der Waals surface area contributed by atoms with Crippen molar-refractivity contribution < 1.29 is 9.59 Å². The van der Waals surface area contributed by atoms with Gasteiger partial charge >= 0.3 is 6.03 Å². The lowest BCUT2D eigenvalue weighted by Gasteiger charge is -2.12. The number of benzene rings is 2. The van der Waals surface area contributed by atoms with Gasteiger partial charge in [-0.15, -0.1) is 10.2 Å². The average molecular weight is 525 g/mol. The number of hydrogen-bond acceptors (Lipinski definition) is 6. The molecule has 1 aliphatic rings. The van der Waals surface area contributed by atoms with Gasteiger partial charge in [-0.25, -0.2) is 9.78 Å². The molecule has 0 spiro atoms. The number of unbranched alkanes of at least 4 members (excludes halogenated alkanes) is 2. The summed E-state index contributed by atoms with van der Waals surface area (Å²) in [5, 5.41) is 17.2. The fraction of sp³-hybridized carbons (Fsp3) is 0.310. The van der Waals surface area contributed by atoms with E-state index in [-0.39, 0.29) is 17.6 Å². The number of nitrogens with zero attached hydrogens (tertiary/aromatic N) is 6. The summed E-state index contributed by atoms with van der Waals surface area (Å²) < 4.78 is 2.12. The molecule has 3 amide bonds. The predicted octanol–water partition coefficient (Wildman–Crippen LogP) is 4.81. The van der Waals surface area contributed by atoms with Crippen LogP contribution >= 0.6 is 0 Å². The van der Waals surface area contributed by atoms with Gasteiger partial charge in [0.25, 0.3) is 5.91 Å². The van der Waals surface area contributed by atoms with Crippen LogP contribution in [0.1, 0.15) is 56.6 Å². The zero-order valence-corrected chi connectivity index (χ0v) is 22.2. The maximum atomic E-state index is 12.9. The van der Waals surface area contributed by atoms with Gasteiger partial charge in [-0.2, -0.15) is 5.21 Å². The molecule has 5 rings (SSSR count). The molecule has 1 aliphatic heterocycles. The molecule has 0 unspecified atom stereocenters. The van der Waals surface area contributed by atoms with Crippen molar-refractivity contribution in [2.45, 2.75) is 52.5 Å². The molecule has 200 valence electrons. The molecule has 10 heteroatoms. The summed E-state index contributed by atoms with van der Waals surface area (Å²) in [5.41, 5.74) is 5.13. The van der Waals surface area contributed by atoms with Crippen molar-refractivity contribution >= 4 is 18.0 Å². The van der Waals surface area contributed by atoms with Crippen molar-refractivity contribution in [3.8, 4) is 22.5 Å². The summed E-state index contributed by atoms with van der Waals surface area (Å²) in [6.07, 6.45) is 8.11. The minimum Gasteiger partial charge on any atom is -0.324 e. The molecule has 2 aromatic carbocycles. The van der Waals surface area contributed by atoms with E-state index in [0.29, 0.717) is 18.9 Å². The van der Waals surface area contributed by atoms with Crippen molar-refractivity contribution in [3.05, 3.63) is 77.5 Å². The van der Waals surface area contributed by atoms with Crippen LogP contribution in [0.5, 0.6) is 0 Å². The molecule has 2 N–H and O–H groups in total. The Labute approximate surface area is 227 Å². The molecule has 0 radical (unpaired) electrons. The van der Waals surface area contributed by atoms with E-state index in [1.807, 2.05) is 31.2 Å². The number of aromatic nitrogens is 6. The zero-order chi connectivity index (χ0) is 27.2. The number of hydrogen-bond donors (Lipinski definition) is 2. The third-order valence-electron chi connectivity index (χ3n) is 6.83. The van der Waals surface area contributed by atoms with Gasteiger partial charge in [-0.05, 0) is 40.8 Å². The van der Waals surface area contributed by atoms with Gasteiger partial charge in [-0.1, -0.05) is 75.2 Å². The predicted molar refractivity (Wildman–Crippen MR) is 148 cm³/mol. The number of aromatic amines is 1. The number of tetrazole rings is 1. The highest BCUT2D eigenvalue weighted by atomic mass is 16.2. The number of carbonyl (C=O) groups is 2. The highest BCUT2D eigenvalue weighted by Crippen LogP contribution is 2.30. The zero-order valence-electron chi connectivity index (χ0n) is 22.2. The Kier molecular flexibility index (Phi) is 7.91. The Balaban J connectivity index is 1.42. The van der Waals surface area contributed by atoms with Gasteiger partial charge in [0.1, 0.15) is 11.5 Å². The summed E-state index contributed by atoms with van der Waals surface area (Å²) in [6.45, 7) is 5.19. The maximum Gasteiger partial charge on any atom is 0.329 e. The van der Waals surface area contributed by atoms with Crippen molar-refractivity contribution in [1.82, 2.24) is 40.4 Å². The molecule has 10 nitrogen and oxygen atoms in total.